The minimum absolute atomic E-state index is 0.0200. The first-order valence-corrected chi connectivity index (χ1v) is 6.62. The molecule has 1 fully saturated rings. The van der Waals surface area contributed by atoms with Crippen LogP contribution in [-0.2, 0) is 4.79 Å². The second kappa shape index (κ2) is 6.19. The Bertz CT molecular complexity index is 565. The number of ether oxygens (including phenoxy) is 1. The molecular weight excluding hydrogens is 300 g/mol. The summed E-state index contributed by atoms with van der Waals surface area (Å²) in [7, 11) is 1.47. The summed E-state index contributed by atoms with van der Waals surface area (Å²) in [5, 5.41) is 21.5. The minimum atomic E-state index is -1.14. The van der Waals surface area contributed by atoms with E-state index in [1.807, 2.05) is 0 Å². The molecule has 0 aromatic heterocycles. The van der Waals surface area contributed by atoms with Gasteiger partial charge in [-0.25, -0.2) is 9.59 Å². The molecule has 0 spiro atoms. The summed E-state index contributed by atoms with van der Waals surface area (Å²) >= 11 is 5.95. The molecule has 3 N–H and O–H groups in total. The van der Waals surface area contributed by atoms with E-state index >= 15 is 0 Å². The number of carbonyl (C=O) groups is 2. The van der Waals surface area contributed by atoms with Gasteiger partial charge in [0.2, 0.25) is 0 Å². The van der Waals surface area contributed by atoms with Crippen LogP contribution in [0.2, 0.25) is 5.02 Å². The van der Waals surface area contributed by atoms with Gasteiger partial charge in [-0.15, -0.1) is 0 Å². The summed E-state index contributed by atoms with van der Waals surface area (Å²) in [4.78, 5) is 24.3. The molecule has 2 unspecified atom stereocenters. The van der Waals surface area contributed by atoms with Crippen molar-refractivity contribution in [1.82, 2.24) is 4.90 Å². The van der Waals surface area contributed by atoms with E-state index in [4.69, 9.17) is 21.4 Å². The number of aliphatic hydroxyl groups excluding tert-OH is 1. The lowest BCUT2D eigenvalue weighted by Gasteiger charge is -2.21. The topological polar surface area (TPSA) is 99.1 Å². The molecule has 0 saturated carbocycles. The van der Waals surface area contributed by atoms with Crippen molar-refractivity contribution in [2.75, 3.05) is 19.0 Å². The summed E-state index contributed by atoms with van der Waals surface area (Å²) in [5.74, 6) is -0.677. The molecule has 1 aromatic carbocycles. The van der Waals surface area contributed by atoms with E-state index in [0.29, 0.717) is 16.5 Å². The lowest BCUT2D eigenvalue weighted by atomic mass is 10.2. The molecule has 7 nitrogen and oxygen atoms in total. The second-order valence-corrected chi connectivity index (χ2v) is 5.08. The van der Waals surface area contributed by atoms with Crippen molar-refractivity contribution in [3.63, 3.8) is 0 Å². The number of anilines is 1. The van der Waals surface area contributed by atoms with Gasteiger partial charge in [-0.3, -0.25) is 0 Å². The highest BCUT2D eigenvalue weighted by Crippen LogP contribution is 2.28. The van der Waals surface area contributed by atoms with Gasteiger partial charge in [-0.05, 0) is 18.2 Å². The molecule has 1 aliphatic rings. The van der Waals surface area contributed by atoms with Crippen molar-refractivity contribution in [3.8, 4) is 5.75 Å². The van der Waals surface area contributed by atoms with Crippen molar-refractivity contribution in [2.45, 2.75) is 18.6 Å². The van der Waals surface area contributed by atoms with E-state index in [0.717, 1.165) is 4.90 Å². The number of halogens is 1. The van der Waals surface area contributed by atoms with Crippen LogP contribution in [0.25, 0.3) is 0 Å². The van der Waals surface area contributed by atoms with Crippen LogP contribution in [0.1, 0.15) is 6.42 Å². The van der Waals surface area contributed by atoms with Crippen LogP contribution in [0.5, 0.6) is 5.75 Å². The molecule has 8 heteroatoms. The van der Waals surface area contributed by atoms with Gasteiger partial charge in [-0.2, -0.15) is 0 Å². The number of likely N-dealkylation sites (tertiary alicyclic amines) is 1. The van der Waals surface area contributed by atoms with Crippen molar-refractivity contribution in [2.24, 2.45) is 0 Å². The first-order chi connectivity index (χ1) is 9.92. The molecular formula is C13H15ClN2O5. The molecule has 0 aliphatic carbocycles. The Balaban J connectivity index is 2.10. The van der Waals surface area contributed by atoms with Crippen LogP contribution in [0.15, 0.2) is 18.2 Å². The molecule has 1 heterocycles. The zero-order valence-electron chi connectivity index (χ0n) is 11.2. The third-order valence-corrected chi connectivity index (χ3v) is 3.52. The molecule has 2 amide bonds. The Hall–Kier alpha value is -1.99. The van der Waals surface area contributed by atoms with Crippen LogP contribution in [0, 0.1) is 0 Å². The van der Waals surface area contributed by atoms with E-state index < -0.39 is 24.1 Å². The largest absolute Gasteiger partial charge is 0.495 e. The number of amides is 2. The predicted octanol–water partition coefficient (Wildman–Crippen LogP) is 1.40. The van der Waals surface area contributed by atoms with Gasteiger partial charge < -0.3 is 25.2 Å². The quantitative estimate of drug-likeness (QED) is 0.783. The Morgan fingerprint density at radius 2 is 2.19 bits per heavy atom. The third kappa shape index (κ3) is 3.37. The van der Waals surface area contributed by atoms with Gasteiger partial charge in [0.15, 0.2) is 0 Å². The Kier molecular flexibility index (Phi) is 4.54. The molecule has 2 atom stereocenters. The number of benzene rings is 1. The fourth-order valence-electron chi connectivity index (χ4n) is 2.21. The number of carboxylic acid groups (broad SMARTS) is 1. The van der Waals surface area contributed by atoms with Gasteiger partial charge in [0.25, 0.3) is 0 Å². The number of aliphatic carboxylic acids is 1. The second-order valence-electron chi connectivity index (χ2n) is 4.68. The molecule has 0 radical (unpaired) electrons. The number of aliphatic hydroxyl groups is 1. The highest BCUT2D eigenvalue weighted by atomic mass is 35.5. The number of carbonyl (C=O) groups excluding carboxylic acids is 1. The van der Waals surface area contributed by atoms with Crippen molar-refractivity contribution in [3.05, 3.63) is 23.2 Å². The van der Waals surface area contributed by atoms with Gasteiger partial charge in [-0.1, -0.05) is 11.6 Å². The number of nitrogens with one attached hydrogen (secondary N) is 1. The number of hydrogen-bond acceptors (Lipinski definition) is 4. The maximum absolute atomic E-state index is 12.1. The number of rotatable bonds is 3. The van der Waals surface area contributed by atoms with E-state index in [2.05, 4.69) is 5.32 Å². The standard InChI is InChI=1S/C13H15ClN2O5/c1-21-11-3-2-7(4-9(11)14)15-13(20)16-6-8(17)5-10(16)12(18)19/h2-4,8,10,17H,5-6H2,1H3,(H,15,20)(H,18,19). The van der Waals surface area contributed by atoms with E-state index in [9.17, 15) is 14.7 Å². The van der Waals surface area contributed by atoms with Crippen molar-refractivity contribution in [1.29, 1.82) is 0 Å². The summed E-state index contributed by atoms with van der Waals surface area (Å²) in [6.45, 7) is -0.0211. The first-order valence-electron chi connectivity index (χ1n) is 6.24. The van der Waals surface area contributed by atoms with Gasteiger partial charge in [0, 0.05) is 18.7 Å². The third-order valence-electron chi connectivity index (χ3n) is 3.23. The fraction of sp³-hybridized carbons (Fsp3) is 0.385. The monoisotopic (exact) mass is 314 g/mol. The average Bonchev–Trinajstić information content (AvgIpc) is 2.81. The maximum Gasteiger partial charge on any atom is 0.326 e. The van der Waals surface area contributed by atoms with Gasteiger partial charge in [0.1, 0.15) is 11.8 Å². The van der Waals surface area contributed by atoms with Crippen molar-refractivity contribution >= 4 is 29.3 Å². The Morgan fingerprint density at radius 3 is 2.76 bits per heavy atom. The summed E-state index contributed by atoms with van der Waals surface area (Å²) in [6.07, 6.45) is -0.817. The smallest absolute Gasteiger partial charge is 0.326 e. The van der Waals surface area contributed by atoms with E-state index in [1.165, 1.54) is 13.2 Å². The SMILES string of the molecule is COc1ccc(NC(=O)N2CC(O)CC2C(=O)O)cc1Cl. The van der Waals surface area contributed by atoms with Crippen LogP contribution in [-0.4, -0.2) is 52.9 Å². The van der Waals surface area contributed by atoms with Crippen LogP contribution >= 0.6 is 11.6 Å². The number of carboxylic acids is 1. The molecule has 2 rings (SSSR count). The molecule has 21 heavy (non-hydrogen) atoms. The predicted molar refractivity (Wildman–Crippen MR) is 75.8 cm³/mol. The lowest BCUT2D eigenvalue weighted by molar-refractivity contribution is -0.141. The van der Waals surface area contributed by atoms with Crippen LogP contribution in [0.4, 0.5) is 10.5 Å². The lowest BCUT2D eigenvalue weighted by Crippen LogP contribution is -2.43. The first kappa shape index (κ1) is 15.4. The van der Waals surface area contributed by atoms with Crippen molar-refractivity contribution < 1.29 is 24.5 Å². The van der Waals surface area contributed by atoms with Gasteiger partial charge >= 0.3 is 12.0 Å². The molecule has 1 aromatic rings. The molecule has 1 aliphatic heterocycles. The van der Waals surface area contributed by atoms with Gasteiger partial charge in [0.05, 0.1) is 18.2 Å². The van der Waals surface area contributed by atoms with E-state index in [1.54, 1.807) is 12.1 Å². The summed E-state index contributed by atoms with van der Waals surface area (Å²) < 4.78 is 5.00. The number of hydrogen-bond donors (Lipinski definition) is 3. The number of nitrogens with zero attached hydrogens (tertiary/aromatic N) is 1. The maximum atomic E-state index is 12.1. The number of urea groups is 1. The number of β-amino-alcohol motifs (C(OH)–C–C–N with tert-alkyl or cyclic N) is 1. The highest BCUT2D eigenvalue weighted by molar-refractivity contribution is 6.32. The zero-order chi connectivity index (χ0) is 15.6. The molecule has 114 valence electrons. The molecule has 0 bridgehead atoms. The number of methoxy groups -OCH3 is 1. The van der Waals surface area contributed by atoms with E-state index in [-0.39, 0.29) is 13.0 Å². The van der Waals surface area contributed by atoms with Crippen LogP contribution in [0.3, 0.4) is 0 Å². The summed E-state index contributed by atoms with van der Waals surface area (Å²) in [5.41, 5.74) is 0.413. The average molecular weight is 315 g/mol. The minimum Gasteiger partial charge on any atom is -0.495 e. The van der Waals surface area contributed by atoms with Crippen LogP contribution < -0.4 is 10.1 Å². The normalized spacial score (nSPS) is 21.2. The molecule has 1 saturated heterocycles. The zero-order valence-corrected chi connectivity index (χ0v) is 12.0. The highest BCUT2D eigenvalue weighted by Gasteiger charge is 2.39. The fourth-order valence-corrected chi connectivity index (χ4v) is 2.47. The Morgan fingerprint density at radius 1 is 1.48 bits per heavy atom. The Labute approximate surface area is 126 Å². The summed E-state index contributed by atoms with van der Waals surface area (Å²) in [6, 6.07) is 3.05.